The zero-order chi connectivity index (χ0) is 18.7. The number of benzene rings is 1. The molecule has 0 spiro atoms. The van der Waals surface area contributed by atoms with Gasteiger partial charge in [0.25, 0.3) is 0 Å². The summed E-state index contributed by atoms with van der Waals surface area (Å²) >= 11 is 2.40. The number of nitrogen functional groups attached to an aromatic ring is 1. The monoisotopic (exact) mass is 389 g/mol. The van der Waals surface area contributed by atoms with Crippen LogP contribution in [0.2, 0.25) is 0 Å². The number of hydrogen-bond donors (Lipinski definition) is 1. The number of nitrogens with zero attached hydrogens (tertiary/aromatic N) is 2. The summed E-state index contributed by atoms with van der Waals surface area (Å²) in [5.74, 6) is -0.819. The standard InChI is InChI=1S/C17H15N3O4S2/c1-23-16(21)12-10(13(17(22)24-2)26-14(12)18)7-25-15-9-5-3-4-6-11(9)19-8-20-15/h3-6,8H,7,18H2,1-2H3. The minimum absolute atomic E-state index is 0.198. The Labute approximate surface area is 157 Å². The smallest absolute Gasteiger partial charge is 0.348 e. The summed E-state index contributed by atoms with van der Waals surface area (Å²) in [7, 11) is 2.55. The predicted molar refractivity (Wildman–Crippen MR) is 101 cm³/mol. The molecule has 26 heavy (non-hydrogen) atoms. The average Bonchev–Trinajstić information content (AvgIpc) is 3.01. The number of aromatic nitrogens is 2. The molecular weight excluding hydrogens is 374 g/mol. The number of para-hydroxylation sites is 1. The van der Waals surface area contributed by atoms with Gasteiger partial charge in [0.1, 0.15) is 21.2 Å². The van der Waals surface area contributed by atoms with Crippen LogP contribution in [0.1, 0.15) is 25.6 Å². The maximum absolute atomic E-state index is 12.1. The summed E-state index contributed by atoms with van der Waals surface area (Å²) in [6.07, 6.45) is 1.48. The molecule has 7 nitrogen and oxygen atoms in total. The molecule has 9 heteroatoms. The average molecular weight is 389 g/mol. The van der Waals surface area contributed by atoms with Crippen LogP contribution >= 0.6 is 23.1 Å². The van der Waals surface area contributed by atoms with Gasteiger partial charge >= 0.3 is 11.9 Å². The Morgan fingerprint density at radius 1 is 1.15 bits per heavy atom. The molecule has 134 valence electrons. The molecule has 0 aliphatic rings. The van der Waals surface area contributed by atoms with E-state index in [-0.39, 0.29) is 15.4 Å². The van der Waals surface area contributed by atoms with Crippen LogP contribution in [0.5, 0.6) is 0 Å². The van der Waals surface area contributed by atoms with Gasteiger partial charge in [0.2, 0.25) is 0 Å². The van der Waals surface area contributed by atoms with Crippen molar-refractivity contribution in [3.63, 3.8) is 0 Å². The van der Waals surface area contributed by atoms with Crippen molar-refractivity contribution >= 4 is 50.9 Å². The van der Waals surface area contributed by atoms with Gasteiger partial charge in [-0.1, -0.05) is 18.2 Å². The van der Waals surface area contributed by atoms with E-state index in [0.29, 0.717) is 11.3 Å². The van der Waals surface area contributed by atoms with Crippen LogP contribution in [0, 0.1) is 0 Å². The fourth-order valence-corrected chi connectivity index (χ4v) is 4.55. The molecule has 2 heterocycles. The molecule has 3 aromatic rings. The molecule has 3 rings (SSSR count). The molecule has 0 radical (unpaired) electrons. The van der Waals surface area contributed by atoms with Gasteiger partial charge in [-0.15, -0.1) is 23.1 Å². The Kier molecular flexibility index (Phi) is 5.38. The second-order valence-corrected chi connectivity index (χ2v) is 7.13. The lowest BCUT2D eigenvalue weighted by Crippen LogP contribution is -2.08. The van der Waals surface area contributed by atoms with Crippen molar-refractivity contribution in [2.45, 2.75) is 10.8 Å². The van der Waals surface area contributed by atoms with Gasteiger partial charge < -0.3 is 15.2 Å². The first-order valence-electron chi connectivity index (χ1n) is 7.47. The van der Waals surface area contributed by atoms with Crippen LogP contribution < -0.4 is 5.73 Å². The van der Waals surface area contributed by atoms with Gasteiger partial charge in [-0.3, -0.25) is 0 Å². The quantitative estimate of drug-likeness (QED) is 0.403. The Hall–Kier alpha value is -2.65. The lowest BCUT2D eigenvalue weighted by atomic mass is 10.1. The summed E-state index contributed by atoms with van der Waals surface area (Å²) in [6.45, 7) is 0. The van der Waals surface area contributed by atoms with Crippen LogP contribution in [-0.4, -0.2) is 36.1 Å². The fourth-order valence-electron chi connectivity index (χ4n) is 2.44. The van der Waals surface area contributed by atoms with E-state index in [1.54, 1.807) is 0 Å². The van der Waals surface area contributed by atoms with Crippen molar-refractivity contribution in [2.24, 2.45) is 0 Å². The first-order valence-corrected chi connectivity index (χ1v) is 9.27. The predicted octanol–water partition coefficient (Wildman–Crippen LogP) is 3.14. The van der Waals surface area contributed by atoms with E-state index in [4.69, 9.17) is 15.2 Å². The summed E-state index contributed by atoms with van der Waals surface area (Å²) in [4.78, 5) is 33.0. The molecule has 2 N–H and O–H groups in total. The van der Waals surface area contributed by atoms with Gasteiger partial charge in [-0.2, -0.15) is 0 Å². The molecule has 0 amide bonds. The molecule has 0 aliphatic carbocycles. The number of esters is 2. The van der Waals surface area contributed by atoms with Crippen LogP contribution in [0.4, 0.5) is 5.00 Å². The van der Waals surface area contributed by atoms with Crippen molar-refractivity contribution in [3.8, 4) is 0 Å². The summed E-state index contributed by atoms with van der Waals surface area (Å²) in [5, 5.41) is 1.86. The number of ether oxygens (including phenoxy) is 2. The number of hydrogen-bond acceptors (Lipinski definition) is 9. The van der Waals surface area contributed by atoms with Crippen molar-refractivity contribution < 1.29 is 19.1 Å². The van der Waals surface area contributed by atoms with E-state index in [2.05, 4.69) is 9.97 Å². The minimum atomic E-state index is -0.586. The maximum Gasteiger partial charge on any atom is 0.348 e. The number of thiophene rings is 1. The normalized spacial score (nSPS) is 10.7. The van der Waals surface area contributed by atoms with Crippen molar-refractivity contribution in [3.05, 3.63) is 46.6 Å². The number of methoxy groups -OCH3 is 2. The highest BCUT2D eigenvalue weighted by Gasteiger charge is 2.27. The Morgan fingerprint density at radius 2 is 1.88 bits per heavy atom. The number of carbonyl (C=O) groups is 2. The second kappa shape index (κ2) is 7.71. The van der Waals surface area contributed by atoms with Gasteiger partial charge in [0.05, 0.1) is 25.3 Å². The van der Waals surface area contributed by atoms with Crippen molar-refractivity contribution in [1.29, 1.82) is 0 Å². The molecule has 0 fully saturated rings. The number of anilines is 1. The topological polar surface area (TPSA) is 104 Å². The van der Waals surface area contributed by atoms with Gasteiger partial charge in [0.15, 0.2) is 0 Å². The summed E-state index contributed by atoms with van der Waals surface area (Å²) in [5.41, 5.74) is 7.44. The fraction of sp³-hybridized carbons (Fsp3) is 0.176. The molecule has 0 aliphatic heterocycles. The van der Waals surface area contributed by atoms with E-state index in [1.165, 1.54) is 32.3 Å². The Bertz CT molecular complexity index is 982. The molecule has 2 aromatic heterocycles. The lowest BCUT2D eigenvalue weighted by Gasteiger charge is -2.07. The Morgan fingerprint density at radius 3 is 2.62 bits per heavy atom. The van der Waals surface area contributed by atoms with Crippen molar-refractivity contribution in [1.82, 2.24) is 9.97 Å². The largest absolute Gasteiger partial charge is 0.465 e. The molecule has 1 aromatic carbocycles. The molecular formula is C17H15N3O4S2. The maximum atomic E-state index is 12.1. The highest BCUT2D eigenvalue weighted by Crippen LogP contribution is 2.37. The second-order valence-electron chi connectivity index (χ2n) is 5.12. The number of carbonyl (C=O) groups excluding carboxylic acids is 2. The van der Waals surface area contributed by atoms with Gasteiger partial charge in [-0.25, -0.2) is 19.6 Å². The van der Waals surface area contributed by atoms with Gasteiger partial charge in [-0.05, 0) is 6.07 Å². The highest BCUT2D eigenvalue weighted by atomic mass is 32.2. The molecule has 0 saturated heterocycles. The van der Waals surface area contributed by atoms with E-state index < -0.39 is 11.9 Å². The number of thioether (sulfide) groups is 1. The number of rotatable bonds is 5. The van der Waals surface area contributed by atoms with Crippen molar-refractivity contribution in [2.75, 3.05) is 20.0 Å². The molecule has 0 unspecified atom stereocenters. The zero-order valence-electron chi connectivity index (χ0n) is 14.0. The SMILES string of the molecule is COC(=O)c1sc(N)c(C(=O)OC)c1CSc1ncnc2ccccc12. The highest BCUT2D eigenvalue weighted by molar-refractivity contribution is 7.98. The van der Waals surface area contributed by atoms with Crippen LogP contribution in [-0.2, 0) is 15.2 Å². The van der Waals surface area contributed by atoms with E-state index >= 15 is 0 Å². The third-order valence-corrected chi connectivity index (χ3v) is 5.73. The van der Waals surface area contributed by atoms with Gasteiger partial charge in [0, 0.05) is 16.7 Å². The molecule has 0 bridgehead atoms. The molecule has 0 atom stereocenters. The first-order chi connectivity index (χ1) is 12.6. The van der Waals surface area contributed by atoms with E-state index in [0.717, 1.165) is 27.3 Å². The lowest BCUT2D eigenvalue weighted by molar-refractivity contribution is 0.0601. The Balaban J connectivity index is 2.00. The van der Waals surface area contributed by atoms with Crippen LogP contribution in [0.25, 0.3) is 10.9 Å². The number of nitrogens with two attached hydrogens (primary N) is 1. The van der Waals surface area contributed by atoms with E-state index in [9.17, 15) is 9.59 Å². The van der Waals surface area contributed by atoms with Crippen LogP contribution in [0.15, 0.2) is 35.6 Å². The third-order valence-electron chi connectivity index (χ3n) is 3.65. The zero-order valence-corrected chi connectivity index (χ0v) is 15.6. The summed E-state index contributed by atoms with van der Waals surface area (Å²) < 4.78 is 9.62. The first kappa shape index (κ1) is 18.2. The third kappa shape index (κ3) is 3.35. The minimum Gasteiger partial charge on any atom is -0.465 e. The summed E-state index contributed by atoms with van der Waals surface area (Å²) in [6, 6.07) is 7.61. The van der Waals surface area contributed by atoms with Crippen LogP contribution in [0.3, 0.4) is 0 Å². The van der Waals surface area contributed by atoms with E-state index in [1.807, 2.05) is 24.3 Å². The molecule has 0 saturated carbocycles. The number of fused-ring (bicyclic) bond motifs is 1.